The number of nitrogens with zero attached hydrogens (tertiary/aromatic N) is 2. The summed E-state index contributed by atoms with van der Waals surface area (Å²) in [6.07, 6.45) is -14.2. The van der Waals surface area contributed by atoms with Crippen molar-refractivity contribution in [1.82, 2.24) is 0 Å². The molecule has 2 aliphatic heterocycles. The van der Waals surface area contributed by atoms with Crippen molar-refractivity contribution >= 4 is 34.6 Å². The number of amides is 2. The Kier molecular flexibility index (Phi) is 13.0. The molecule has 2 saturated heterocycles. The maximum Gasteiger partial charge on any atom is 0.255 e. The van der Waals surface area contributed by atoms with Crippen LogP contribution in [-0.2, 0) is 9.47 Å². The molecule has 2 fully saturated rings. The van der Waals surface area contributed by atoms with Crippen LogP contribution in [0.1, 0.15) is 20.7 Å². The Morgan fingerprint density at radius 1 is 0.500 bits per heavy atom. The fourth-order valence-electron chi connectivity index (χ4n) is 5.71. The smallest absolute Gasteiger partial charge is 0.255 e. The maximum atomic E-state index is 12.8. The summed E-state index contributed by atoms with van der Waals surface area (Å²) in [5.74, 6) is -0.313. The first-order valence-corrected chi connectivity index (χ1v) is 17.3. The number of carbonyl (C=O) groups is 2. The number of aliphatic hydroxyl groups is 8. The SMILES string of the molecule is O=C(Nc1ccc(O[C@@H]2OC(CO)[C@@H](O)C(O)C2O)cc1)c1ccc(/N=N/c2ccc(C(=O)Nc3ccc(O[C@H]4OC(CO)[C@H](O)C(O)C4O)cc3)cc2)cc1. The van der Waals surface area contributed by atoms with E-state index >= 15 is 0 Å². The van der Waals surface area contributed by atoms with Gasteiger partial charge in [0.2, 0.25) is 12.6 Å². The third kappa shape index (κ3) is 9.52. The average Bonchev–Trinajstić information content (AvgIpc) is 3.22. The summed E-state index contributed by atoms with van der Waals surface area (Å²) >= 11 is 0. The Balaban J connectivity index is 0.963. The third-order valence-electron chi connectivity index (χ3n) is 8.97. The van der Waals surface area contributed by atoms with Gasteiger partial charge in [-0.15, -0.1) is 0 Å². The number of benzene rings is 4. The van der Waals surface area contributed by atoms with E-state index in [2.05, 4.69) is 20.9 Å². The van der Waals surface area contributed by atoms with Gasteiger partial charge in [-0.25, -0.2) is 0 Å². The van der Waals surface area contributed by atoms with Crippen LogP contribution in [-0.4, -0.2) is 127 Å². The lowest BCUT2D eigenvalue weighted by Gasteiger charge is -2.39. The van der Waals surface area contributed by atoms with Gasteiger partial charge in [0, 0.05) is 22.5 Å². The Bertz CT molecular complexity index is 1800. The Hall–Kier alpha value is -5.38. The lowest BCUT2D eigenvalue weighted by molar-refractivity contribution is -0.277. The fraction of sp³-hybridized carbons (Fsp3) is 0.316. The minimum atomic E-state index is -1.58. The minimum Gasteiger partial charge on any atom is -0.462 e. The van der Waals surface area contributed by atoms with E-state index in [1.165, 1.54) is 24.3 Å². The summed E-state index contributed by atoms with van der Waals surface area (Å²) in [6, 6.07) is 25.0. The molecule has 6 rings (SSSR count). The first-order chi connectivity index (χ1) is 26.9. The quantitative estimate of drug-likeness (QED) is 0.0898. The molecule has 2 amide bonds. The zero-order valence-electron chi connectivity index (χ0n) is 29.3. The molecule has 4 aromatic carbocycles. The first kappa shape index (κ1) is 40.3. The number of carbonyl (C=O) groups excluding carboxylic acids is 2. The largest absolute Gasteiger partial charge is 0.462 e. The molecule has 18 nitrogen and oxygen atoms in total. The van der Waals surface area contributed by atoms with Crippen LogP contribution in [0, 0.1) is 0 Å². The maximum absolute atomic E-state index is 12.8. The normalized spacial score (nSPS) is 27.7. The zero-order chi connectivity index (χ0) is 39.9. The molecule has 0 aromatic heterocycles. The van der Waals surface area contributed by atoms with E-state index in [-0.39, 0.29) is 11.5 Å². The van der Waals surface area contributed by atoms with E-state index in [9.17, 15) is 50.4 Å². The molecule has 18 heteroatoms. The Morgan fingerprint density at radius 2 is 0.839 bits per heavy atom. The van der Waals surface area contributed by atoms with Gasteiger partial charge in [0.15, 0.2) is 0 Å². The van der Waals surface area contributed by atoms with Crippen molar-refractivity contribution in [2.45, 2.75) is 61.4 Å². The summed E-state index contributed by atoms with van der Waals surface area (Å²) in [5.41, 5.74) is 2.51. The van der Waals surface area contributed by atoms with Gasteiger partial charge < -0.3 is 70.4 Å². The minimum absolute atomic E-state index is 0.244. The van der Waals surface area contributed by atoms with Gasteiger partial charge in [0.1, 0.15) is 60.3 Å². The molecule has 4 aromatic rings. The lowest BCUT2D eigenvalue weighted by atomic mass is 9.99. The number of ether oxygens (including phenoxy) is 4. The fourth-order valence-corrected chi connectivity index (χ4v) is 5.71. The van der Waals surface area contributed by atoms with Gasteiger partial charge in [-0.05, 0) is 97.1 Å². The van der Waals surface area contributed by atoms with Crippen LogP contribution in [0.4, 0.5) is 22.7 Å². The summed E-state index contributed by atoms with van der Waals surface area (Å²) in [6.45, 7) is -1.17. The highest BCUT2D eigenvalue weighted by molar-refractivity contribution is 6.05. The Morgan fingerprint density at radius 3 is 1.16 bits per heavy atom. The van der Waals surface area contributed by atoms with E-state index in [4.69, 9.17) is 18.9 Å². The van der Waals surface area contributed by atoms with E-state index in [0.717, 1.165) is 0 Å². The molecule has 56 heavy (non-hydrogen) atoms. The highest BCUT2D eigenvalue weighted by atomic mass is 16.7. The Labute approximate surface area is 318 Å². The molecule has 0 bridgehead atoms. The van der Waals surface area contributed by atoms with E-state index in [0.29, 0.717) is 33.9 Å². The van der Waals surface area contributed by atoms with Crippen LogP contribution in [0.2, 0.25) is 0 Å². The predicted octanol–water partition coefficient (Wildman–Crippen LogP) is 0.964. The van der Waals surface area contributed by atoms with Crippen molar-refractivity contribution in [2.24, 2.45) is 10.2 Å². The van der Waals surface area contributed by atoms with Crippen molar-refractivity contribution in [3.05, 3.63) is 108 Å². The van der Waals surface area contributed by atoms with Crippen molar-refractivity contribution in [1.29, 1.82) is 0 Å². The number of hydrogen-bond donors (Lipinski definition) is 10. The van der Waals surface area contributed by atoms with E-state index in [1.807, 2.05) is 0 Å². The molecule has 0 spiro atoms. The van der Waals surface area contributed by atoms with Crippen LogP contribution >= 0.6 is 0 Å². The zero-order valence-corrected chi connectivity index (χ0v) is 29.3. The van der Waals surface area contributed by atoms with Crippen molar-refractivity contribution in [3.8, 4) is 11.5 Å². The molecular weight excluding hydrogens is 736 g/mol. The molecular formula is C38H40N4O14. The predicted molar refractivity (Wildman–Crippen MR) is 195 cm³/mol. The number of azo groups is 1. The van der Waals surface area contributed by atoms with Gasteiger partial charge in [-0.1, -0.05) is 0 Å². The number of nitrogens with one attached hydrogen (secondary N) is 2. The van der Waals surface area contributed by atoms with Gasteiger partial charge in [0.25, 0.3) is 11.8 Å². The number of aliphatic hydroxyl groups excluding tert-OH is 8. The highest BCUT2D eigenvalue weighted by Gasteiger charge is 2.45. The first-order valence-electron chi connectivity index (χ1n) is 17.3. The molecule has 296 valence electrons. The molecule has 10 atom stereocenters. The second-order valence-corrected chi connectivity index (χ2v) is 12.9. The summed E-state index contributed by atoms with van der Waals surface area (Å²) in [4.78, 5) is 25.7. The molecule has 0 saturated carbocycles. The second-order valence-electron chi connectivity index (χ2n) is 12.9. The van der Waals surface area contributed by atoms with Crippen molar-refractivity contribution in [3.63, 3.8) is 0 Å². The van der Waals surface area contributed by atoms with Gasteiger partial charge in [-0.3, -0.25) is 9.59 Å². The van der Waals surface area contributed by atoms with Crippen LogP contribution in [0.3, 0.4) is 0 Å². The molecule has 2 aliphatic rings. The molecule has 10 N–H and O–H groups in total. The van der Waals surface area contributed by atoms with Gasteiger partial charge in [-0.2, -0.15) is 10.2 Å². The number of anilines is 2. The summed E-state index contributed by atoms with van der Waals surface area (Å²) in [5, 5.41) is 92.7. The van der Waals surface area contributed by atoms with Crippen LogP contribution in [0.5, 0.6) is 11.5 Å². The second kappa shape index (κ2) is 18.0. The van der Waals surface area contributed by atoms with E-state index in [1.54, 1.807) is 72.8 Å². The lowest BCUT2D eigenvalue weighted by Crippen LogP contribution is -2.60. The molecule has 6 unspecified atom stereocenters. The van der Waals surface area contributed by atoms with Crippen molar-refractivity contribution in [2.75, 3.05) is 23.8 Å². The van der Waals surface area contributed by atoms with Crippen LogP contribution in [0.25, 0.3) is 0 Å². The standard InChI is InChI=1S/C38H40N4O14/c43-17-27-29(45)31(47)33(49)37(55-27)53-25-13-9-21(10-14-25)39-35(51)19-1-5-23(6-2-19)41-42-24-7-3-20(4-8-24)36(52)40-22-11-15-26(16-12-22)54-38-34(50)32(48)30(46)28(18-44)56-38/h1-16,27-34,37-38,43-50H,17-18H2,(H,39,51)(H,40,52)/b42-41+/t27?,28?,29-,30+,31?,32?,33?,34?,37-,38+. The summed E-state index contributed by atoms with van der Waals surface area (Å²) < 4.78 is 21.8. The van der Waals surface area contributed by atoms with E-state index < -0.39 is 86.4 Å². The van der Waals surface area contributed by atoms with Crippen LogP contribution in [0.15, 0.2) is 107 Å². The summed E-state index contributed by atoms with van der Waals surface area (Å²) in [7, 11) is 0. The monoisotopic (exact) mass is 776 g/mol. The molecule has 0 aliphatic carbocycles. The molecule has 0 radical (unpaired) electrons. The number of rotatable bonds is 12. The van der Waals surface area contributed by atoms with Crippen molar-refractivity contribution < 1.29 is 69.4 Å². The van der Waals surface area contributed by atoms with Gasteiger partial charge in [0.05, 0.1) is 24.6 Å². The highest BCUT2D eigenvalue weighted by Crippen LogP contribution is 2.28. The number of hydrogen-bond acceptors (Lipinski definition) is 16. The average molecular weight is 777 g/mol. The third-order valence-corrected chi connectivity index (χ3v) is 8.97. The van der Waals surface area contributed by atoms with Gasteiger partial charge >= 0.3 is 0 Å². The topological polar surface area (TPSA) is 282 Å². The molecule has 2 heterocycles. The van der Waals surface area contributed by atoms with Crippen LogP contribution < -0.4 is 20.1 Å².